The second-order valence-corrected chi connectivity index (χ2v) is 8.27. The van der Waals surface area contributed by atoms with E-state index in [0.29, 0.717) is 36.4 Å². The smallest absolute Gasteiger partial charge is 0.261 e. The van der Waals surface area contributed by atoms with Crippen molar-refractivity contribution in [2.24, 2.45) is 0 Å². The number of thiophene rings is 1. The molecule has 6 nitrogen and oxygen atoms in total. The van der Waals surface area contributed by atoms with E-state index in [0.717, 1.165) is 10.4 Å². The SMILES string of the molecule is COCCN(Cc1cccs1)C(=O)c1ccc(CN2C(=O)c3ccccc3C2=O)cc1. The van der Waals surface area contributed by atoms with Crippen LogP contribution in [0.1, 0.15) is 41.5 Å². The highest BCUT2D eigenvalue weighted by Gasteiger charge is 2.34. The fourth-order valence-corrected chi connectivity index (χ4v) is 4.26. The predicted molar refractivity (Wildman–Crippen MR) is 118 cm³/mol. The third kappa shape index (κ3) is 4.42. The summed E-state index contributed by atoms with van der Waals surface area (Å²) in [5, 5.41) is 1.99. The molecule has 1 aliphatic rings. The van der Waals surface area contributed by atoms with Gasteiger partial charge in [0.05, 0.1) is 30.8 Å². The Labute approximate surface area is 184 Å². The van der Waals surface area contributed by atoms with Gasteiger partial charge in [-0.25, -0.2) is 0 Å². The van der Waals surface area contributed by atoms with Crippen molar-refractivity contribution in [3.63, 3.8) is 0 Å². The van der Waals surface area contributed by atoms with Crippen LogP contribution in [0.15, 0.2) is 66.0 Å². The largest absolute Gasteiger partial charge is 0.383 e. The molecule has 0 fully saturated rings. The number of methoxy groups -OCH3 is 1. The zero-order valence-electron chi connectivity index (χ0n) is 17.1. The minimum Gasteiger partial charge on any atom is -0.383 e. The van der Waals surface area contributed by atoms with Gasteiger partial charge in [0.2, 0.25) is 0 Å². The number of fused-ring (bicyclic) bond motifs is 1. The lowest BCUT2D eigenvalue weighted by Crippen LogP contribution is -2.33. The number of benzene rings is 2. The van der Waals surface area contributed by atoms with Gasteiger partial charge in [0, 0.05) is 24.1 Å². The molecule has 158 valence electrons. The fraction of sp³-hybridized carbons (Fsp3) is 0.208. The van der Waals surface area contributed by atoms with Crippen LogP contribution in [0.3, 0.4) is 0 Å². The van der Waals surface area contributed by atoms with E-state index in [4.69, 9.17) is 4.74 Å². The number of carbonyl (C=O) groups is 3. The molecular formula is C24H22N2O4S. The summed E-state index contributed by atoms with van der Waals surface area (Å²) in [6.45, 7) is 1.64. The van der Waals surface area contributed by atoms with Gasteiger partial charge in [0.25, 0.3) is 17.7 Å². The Morgan fingerprint density at radius 2 is 1.65 bits per heavy atom. The molecule has 3 aromatic rings. The summed E-state index contributed by atoms with van der Waals surface area (Å²) >= 11 is 1.61. The first-order chi connectivity index (χ1) is 15.1. The number of rotatable bonds is 8. The topological polar surface area (TPSA) is 66.9 Å². The van der Waals surface area contributed by atoms with Crippen LogP contribution in [0.5, 0.6) is 0 Å². The number of hydrogen-bond acceptors (Lipinski definition) is 5. The van der Waals surface area contributed by atoms with Crippen LogP contribution in [-0.2, 0) is 17.8 Å². The van der Waals surface area contributed by atoms with Gasteiger partial charge in [-0.1, -0.05) is 30.3 Å². The fourth-order valence-electron chi connectivity index (χ4n) is 3.55. The minimum absolute atomic E-state index is 0.0854. The van der Waals surface area contributed by atoms with Gasteiger partial charge in [-0.3, -0.25) is 19.3 Å². The van der Waals surface area contributed by atoms with E-state index in [-0.39, 0.29) is 24.3 Å². The molecule has 31 heavy (non-hydrogen) atoms. The van der Waals surface area contributed by atoms with Gasteiger partial charge < -0.3 is 9.64 Å². The van der Waals surface area contributed by atoms with Gasteiger partial charge in [0.1, 0.15) is 0 Å². The van der Waals surface area contributed by atoms with Crippen LogP contribution in [0.4, 0.5) is 0 Å². The maximum atomic E-state index is 13.0. The van der Waals surface area contributed by atoms with Crippen molar-refractivity contribution < 1.29 is 19.1 Å². The molecule has 0 N–H and O–H groups in total. The molecule has 0 spiro atoms. The van der Waals surface area contributed by atoms with Crippen LogP contribution >= 0.6 is 11.3 Å². The van der Waals surface area contributed by atoms with Crippen LogP contribution < -0.4 is 0 Å². The molecule has 0 atom stereocenters. The summed E-state index contributed by atoms with van der Waals surface area (Å²) in [7, 11) is 1.61. The third-order valence-corrected chi connectivity index (χ3v) is 6.06. The van der Waals surface area contributed by atoms with E-state index in [1.54, 1.807) is 71.9 Å². The second-order valence-electron chi connectivity index (χ2n) is 7.24. The zero-order valence-corrected chi connectivity index (χ0v) is 17.9. The van der Waals surface area contributed by atoms with Crippen molar-refractivity contribution in [2.45, 2.75) is 13.1 Å². The molecule has 1 aromatic heterocycles. The number of amides is 3. The highest BCUT2D eigenvalue weighted by Crippen LogP contribution is 2.24. The molecule has 0 aliphatic carbocycles. The van der Waals surface area contributed by atoms with E-state index in [1.807, 2.05) is 17.5 Å². The summed E-state index contributed by atoms with van der Waals surface area (Å²) in [6.07, 6.45) is 0. The van der Waals surface area contributed by atoms with E-state index in [1.165, 1.54) is 4.90 Å². The summed E-state index contributed by atoms with van der Waals surface area (Å²) in [5.74, 6) is -0.664. The van der Waals surface area contributed by atoms with Crippen molar-refractivity contribution in [2.75, 3.05) is 20.3 Å². The molecule has 3 amide bonds. The van der Waals surface area contributed by atoms with Crippen LogP contribution in [0, 0.1) is 0 Å². The molecule has 7 heteroatoms. The molecule has 0 saturated carbocycles. The van der Waals surface area contributed by atoms with Gasteiger partial charge in [-0.05, 0) is 41.3 Å². The Morgan fingerprint density at radius 1 is 0.968 bits per heavy atom. The summed E-state index contributed by atoms with van der Waals surface area (Å²) in [4.78, 5) is 42.3. The monoisotopic (exact) mass is 434 g/mol. The first-order valence-corrected chi connectivity index (χ1v) is 10.8. The Kier molecular flexibility index (Phi) is 6.25. The van der Waals surface area contributed by atoms with Gasteiger partial charge in [-0.2, -0.15) is 0 Å². The molecule has 2 aromatic carbocycles. The Bertz CT molecular complexity index is 1060. The van der Waals surface area contributed by atoms with Crippen molar-refractivity contribution in [1.29, 1.82) is 0 Å². The third-order valence-electron chi connectivity index (χ3n) is 5.20. The van der Waals surface area contributed by atoms with Crippen molar-refractivity contribution >= 4 is 29.1 Å². The predicted octanol–water partition coefficient (Wildman–Crippen LogP) is 3.83. The lowest BCUT2D eigenvalue weighted by Gasteiger charge is -2.22. The van der Waals surface area contributed by atoms with Crippen LogP contribution in [0.2, 0.25) is 0 Å². The highest BCUT2D eigenvalue weighted by molar-refractivity contribution is 7.09. The Hall–Kier alpha value is -3.29. The summed E-state index contributed by atoms with van der Waals surface area (Å²) in [5.41, 5.74) is 2.20. The van der Waals surface area contributed by atoms with Crippen LogP contribution in [-0.4, -0.2) is 47.8 Å². The molecule has 2 heterocycles. The normalized spacial score (nSPS) is 12.9. The molecule has 4 rings (SSSR count). The second kappa shape index (κ2) is 9.24. The Morgan fingerprint density at radius 3 is 2.23 bits per heavy atom. The van der Waals surface area contributed by atoms with Gasteiger partial charge in [0.15, 0.2) is 0 Å². The molecule has 0 bridgehead atoms. The quantitative estimate of drug-likeness (QED) is 0.506. The summed E-state index contributed by atoms with van der Waals surface area (Å²) < 4.78 is 5.16. The van der Waals surface area contributed by atoms with Crippen molar-refractivity contribution in [1.82, 2.24) is 9.80 Å². The Balaban J connectivity index is 1.46. The van der Waals surface area contributed by atoms with E-state index < -0.39 is 0 Å². The zero-order chi connectivity index (χ0) is 21.8. The first kappa shape index (κ1) is 21.0. The maximum absolute atomic E-state index is 13.0. The van der Waals surface area contributed by atoms with Crippen molar-refractivity contribution in [3.8, 4) is 0 Å². The average molecular weight is 435 g/mol. The average Bonchev–Trinajstić information content (AvgIpc) is 3.40. The maximum Gasteiger partial charge on any atom is 0.261 e. The summed E-state index contributed by atoms with van der Waals surface area (Å²) in [6, 6.07) is 17.9. The van der Waals surface area contributed by atoms with Crippen molar-refractivity contribution in [3.05, 3.63) is 93.2 Å². The lowest BCUT2D eigenvalue weighted by atomic mass is 10.1. The van der Waals surface area contributed by atoms with Crippen LogP contribution in [0.25, 0.3) is 0 Å². The molecule has 0 radical (unpaired) electrons. The molecule has 0 saturated heterocycles. The first-order valence-electron chi connectivity index (χ1n) is 9.93. The van der Waals surface area contributed by atoms with E-state index in [2.05, 4.69) is 0 Å². The van der Waals surface area contributed by atoms with Gasteiger partial charge in [-0.15, -0.1) is 11.3 Å². The highest BCUT2D eigenvalue weighted by atomic mass is 32.1. The number of carbonyl (C=O) groups excluding carboxylic acids is 3. The molecular weight excluding hydrogens is 412 g/mol. The molecule has 1 aliphatic heterocycles. The van der Waals surface area contributed by atoms with E-state index in [9.17, 15) is 14.4 Å². The van der Waals surface area contributed by atoms with E-state index >= 15 is 0 Å². The number of nitrogens with zero attached hydrogens (tertiary/aromatic N) is 2. The minimum atomic E-state index is -0.289. The lowest BCUT2D eigenvalue weighted by molar-refractivity contribution is 0.0639. The number of ether oxygens (including phenoxy) is 1. The standard InChI is InChI=1S/C24H22N2O4S/c1-30-13-12-25(16-19-5-4-14-31-19)22(27)18-10-8-17(9-11-18)15-26-23(28)20-6-2-3-7-21(20)24(26)29/h2-11,14H,12-13,15-16H2,1H3. The number of hydrogen-bond donors (Lipinski definition) is 0. The number of imide groups is 1. The molecule has 0 unspecified atom stereocenters. The van der Waals surface area contributed by atoms with Gasteiger partial charge >= 0.3 is 0 Å².